The van der Waals surface area contributed by atoms with Crippen molar-refractivity contribution in [3.63, 3.8) is 0 Å². The van der Waals surface area contributed by atoms with Crippen LogP contribution >= 0.6 is 11.6 Å². The average Bonchev–Trinajstić information content (AvgIpc) is 2.18. The minimum absolute atomic E-state index is 0.186. The Bertz CT molecular complexity index is 379. The van der Waals surface area contributed by atoms with Gasteiger partial charge in [-0.2, -0.15) is 0 Å². The lowest BCUT2D eigenvalue weighted by Crippen LogP contribution is -2.07. The molecule has 0 fully saturated rings. The van der Waals surface area contributed by atoms with E-state index in [1.165, 1.54) is 21.1 Å². The number of carbonyl (C=O) groups is 1. The molecule has 0 saturated heterocycles. The molecule has 0 unspecified atom stereocenters. The molecule has 0 aliphatic heterocycles. The van der Waals surface area contributed by atoms with Crippen molar-refractivity contribution < 1.29 is 14.3 Å². The number of halogens is 1. The van der Waals surface area contributed by atoms with Crippen molar-refractivity contribution in [3.8, 4) is 11.5 Å². The van der Waals surface area contributed by atoms with E-state index in [4.69, 9.17) is 21.1 Å². The maximum Gasteiger partial charge on any atom is 0.221 e. The second-order valence-electron chi connectivity index (χ2n) is 2.84. The van der Waals surface area contributed by atoms with Gasteiger partial charge in [0.15, 0.2) is 5.75 Å². The fourth-order valence-electron chi connectivity index (χ4n) is 1.18. The van der Waals surface area contributed by atoms with Gasteiger partial charge in [-0.1, -0.05) is 11.6 Å². The van der Waals surface area contributed by atoms with Crippen LogP contribution in [0.4, 0.5) is 5.69 Å². The van der Waals surface area contributed by atoms with Crippen molar-refractivity contribution in [1.82, 2.24) is 0 Å². The van der Waals surface area contributed by atoms with Crippen LogP contribution in [0.25, 0.3) is 0 Å². The summed E-state index contributed by atoms with van der Waals surface area (Å²) in [7, 11) is 2.99. The first-order valence-electron chi connectivity index (χ1n) is 4.28. The lowest BCUT2D eigenvalue weighted by Gasteiger charge is -2.12. The smallest absolute Gasteiger partial charge is 0.221 e. The van der Waals surface area contributed by atoms with Gasteiger partial charge in [-0.05, 0) is 12.1 Å². The number of ether oxygens (including phenoxy) is 2. The molecule has 1 aromatic rings. The van der Waals surface area contributed by atoms with Crippen molar-refractivity contribution in [2.45, 2.75) is 6.92 Å². The van der Waals surface area contributed by atoms with E-state index in [-0.39, 0.29) is 5.91 Å². The molecule has 0 aromatic heterocycles. The molecule has 0 spiro atoms. The molecule has 1 N–H and O–H groups in total. The number of benzene rings is 1. The number of hydrogen-bond acceptors (Lipinski definition) is 3. The first-order valence-corrected chi connectivity index (χ1v) is 4.66. The number of amides is 1. The van der Waals surface area contributed by atoms with Crippen molar-refractivity contribution in [2.75, 3.05) is 19.5 Å². The van der Waals surface area contributed by atoms with Crippen LogP contribution in [0.3, 0.4) is 0 Å². The van der Waals surface area contributed by atoms with Crippen LogP contribution in [0.15, 0.2) is 12.1 Å². The SMILES string of the molecule is COc1ccc(NC(C)=O)c(OC)c1Cl. The maximum atomic E-state index is 10.9. The summed E-state index contributed by atoms with van der Waals surface area (Å²) in [5.74, 6) is 0.711. The number of methoxy groups -OCH3 is 2. The Morgan fingerprint density at radius 1 is 1.33 bits per heavy atom. The summed E-state index contributed by atoms with van der Waals surface area (Å²) in [6.07, 6.45) is 0. The number of rotatable bonds is 3. The summed E-state index contributed by atoms with van der Waals surface area (Å²) < 4.78 is 10.1. The van der Waals surface area contributed by atoms with Gasteiger partial charge >= 0.3 is 0 Å². The number of anilines is 1. The van der Waals surface area contributed by atoms with E-state index in [9.17, 15) is 4.79 Å². The van der Waals surface area contributed by atoms with Crippen LogP contribution in [0, 0.1) is 0 Å². The summed E-state index contributed by atoms with van der Waals surface area (Å²) in [6.45, 7) is 1.41. The van der Waals surface area contributed by atoms with Gasteiger partial charge in [0, 0.05) is 6.92 Å². The standard InChI is InChI=1S/C10H12ClNO3/c1-6(13)12-7-4-5-8(14-2)9(11)10(7)15-3/h4-5H,1-3H3,(H,12,13). The van der Waals surface area contributed by atoms with Gasteiger partial charge in [0.1, 0.15) is 10.8 Å². The summed E-state index contributed by atoms with van der Waals surface area (Å²) in [6, 6.07) is 3.33. The molecule has 0 bridgehead atoms. The van der Waals surface area contributed by atoms with Crippen molar-refractivity contribution in [3.05, 3.63) is 17.2 Å². The summed E-state index contributed by atoms with van der Waals surface area (Å²) in [4.78, 5) is 10.9. The van der Waals surface area contributed by atoms with Gasteiger partial charge in [0.05, 0.1) is 19.9 Å². The third kappa shape index (κ3) is 2.53. The predicted octanol–water partition coefficient (Wildman–Crippen LogP) is 2.32. The Labute approximate surface area is 93.1 Å². The van der Waals surface area contributed by atoms with E-state index < -0.39 is 0 Å². The zero-order valence-electron chi connectivity index (χ0n) is 8.76. The highest BCUT2D eigenvalue weighted by atomic mass is 35.5. The van der Waals surface area contributed by atoms with E-state index in [0.717, 1.165) is 0 Å². The van der Waals surface area contributed by atoms with Gasteiger partial charge in [-0.15, -0.1) is 0 Å². The number of hydrogen-bond donors (Lipinski definition) is 1. The minimum Gasteiger partial charge on any atom is -0.495 e. The lowest BCUT2D eigenvalue weighted by atomic mass is 10.2. The Morgan fingerprint density at radius 3 is 2.47 bits per heavy atom. The Hall–Kier alpha value is -1.42. The van der Waals surface area contributed by atoms with Gasteiger partial charge in [-0.25, -0.2) is 0 Å². The van der Waals surface area contributed by atoms with Crippen LogP contribution in [-0.2, 0) is 4.79 Å². The summed E-state index contributed by atoms with van der Waals surface area (Å²) in [5, 5.41) is 2.95. The third-order valence-electron chi connectivity index (χ3n) is 1.80. The molecule has 0 aliphatic rings. The average molecular weight is 230 g/mol. The molecule has 0 atom stereocenters. The zero-order valence-corrected chi connectivity index (χ0v) is 9.51. The molecule has 1 amide bonds. The first-order chi connectivity index (χ1) is 7.10. The zero-order chi connectivity index (χ0) is 11.4. The molecule has 0 heterocycles. The molecular weight excluding hydrogens is 218 g/mol. The highest BCUT2D eigenvalue weighted by Gasteiger charge is 2.13. The molecule has 1 aromatic carbocycles. The monoisotopic (exact) mass is 229 g/mol. The quantitative estimate of drug-likeness (QED) is 0.865. The molecule has 4 nitrogen and oxygen atoms in total. The Kier molecular flexibility index (Phi) is 3.80. The molecular formula is C10H12ClNO3. The number of carbonyl (C=O) groups excluding carboxylic acids is 1. The second-order valence-corrected chi connectivity index (χ2v) is 3.22. The van der Waals surface area contributed by atoms with Crippen molar-refractivity contribution >= 4 is 23.2 Å². The Balaban J connectivity index is 3.18. The van der Waals surface area contributed by atoms with Gasteiger partial charge < -0.3 is 14.8 Å². The van der Waals surface area contributed by atoms with Crippen molar-refractivity contribution in [2.24, 2.45) is 0 Å². The highest BCUT2D eigenvalue weighted by Crippen LogP contribution is 2.39. The Morgan fingerprint density at radius 2 is 2.00 bits per heavy atom. The molecule has 82 valence electrons. The number of nitrogens with one attached hydrogen (secondary N) is 1. The van der Waals surface area contributed by atoms with Crippen LogP contribution in [-0.4, -0.2) is 20.1 Å². The normalized spacial score (nSPS) is 9.60. The van der Waals surface area contributed by atoms with Gasteiger partial charge in [-0.3, -0.25) is 4.79 Å². The molecule has 0 saturated carbocycles. The minimum atomic E-state index is -0.186. The molecule has 0 aliphatic carbocycles. The fourth-order valence-corrected chi connectivity index (χ4v) is 1.50. The van der Waals surface area contributed by atoms with Crippen LogP contribution < -0.4 is 14.8 Å². The molecule has 1 rings (SSSR count). The van der Waals surface area contributed by atoms with E-state index in [0.29, 0.717) is 22.2 Å². The fraction of sp³-hybridized carbons (Fsp3) is 0.300. The largest absolute Gasteiger partial charge is 0.495 e. The lowest BCUT2D eigenvalue weighted by molar-refractivity contribution is -0.114. The maximum absolute atomic E-state index is 10.9. The second kappa shape index (κ2) is 4.89. The van der Waals surface area contributed by atoms with Gasteiger partial charge in [0.2, 0.25) is 5.91 Å². The summed E-state index contributed by atoms with van der Waals surface area (Å²) >= 11 is 6.00. The van der Waals surface area contributed by atoms with E-state index in [1.807, 2.05) is 0 Å². The molecule has 5 heteroatoms. The topological polar surface area (TPSA) is 47.6 Å². The first kappa shape index (κ1) is 11.7. The van der Waals surface area contributed by atoms with E-state index >= 15 is 0 Å². The predicted molar refractivity (Wildman–Crippen MR) is 58.9 cm³/mol. The van der Waals surface area contributed by atoms with Crippen LogP contribution in [0.5, 0.6) is 11.5 Å². The van der Waals surface area contributed by atoms with Crippen LogP contribution in [0.1, 0.15) is 6.92 Å². The van der Waals surface area contributed by atoms with Crippen molar-refractivity contribution in [1.29, 1.82) is 0 Å². The van der Waals surface area contributed by atoms with E-state index in [1.54, 1.807) is 12.1 Å². The molecule has 0 radical (unpaired) electrons. The third-order valence-corrected chi connectivity index (χ3v) is 2.15. The molecule has 15 heavy (non-hydrogen) atoms. The van der Waals surface area contributed by atoms with E-state index in [2.05, 4.69) is 5.32 Å². The highest BCUT2D eigenvalue weighted by molar-refractivity contribution is 6.34. The van der Waals surface area contributed by atoms with Crippen LogP contribution in [0.2, 0.25) is 5.02 Å². The van der Waals surface area contributed by atoms with Gasteiger partial charge in [0.25, 0.3) is 0 Å². The summed E-state index contributed by atoms with van der Waals surface area (Å²) in [5.41, 5.74) is 0.524.